The zero-order chi connectivity index (χ0) is 27.1. The molecular formula is C26H26FN5O4S2. The third kappa shape index (κ3) is 4.44. The standard InChI is InChI=1S/C26H26FN5O4S2/c1-28-32(38(35,36)21-12-11-19-7-6-14-30(2)25(19)16-21)20-15-26(23-9-3-4-10-24(23)27)31(18-20)37(33,34)22-8-5-13-29-17-22/h3-5,8-13,15-18,28H,6-7,14H2,1-2H3. The number of pyridine rings is 1. The molecular weight excluding hydrogens is 529 g/mol. The van der Waals surface area contributed by atoms with Gasteiger partial charge < -0.3 is 4.90 Å². The van der Waals surface area contributed by atoms with Crippen LogP contribution in [0, 0.1) is 5.82 Å². The van der Waals surface area contributed by atoms with Gasteiger partial charge in [-0.1, -0.05) is 18.2 Å². The summed E-state index contributed by atoms with van der Waals surface area (Å²) in [4.78, 5) is 5.80. The highest BCUT2D eigenvalue weighted by atomic mass is 32.2. The number of halogens is 1. The lowest BCUT2D eigenvalue weighted by Gasteiger charge is -2.29. The van der Waals surface area contributed by atoms with Gasteiger partial charge >= 0.3 is 0 Å². The summed E-state index contributed by atoms with van der Waals surface area (Å²) in [5.41, 5.74) is 4.50. The van der Waals surface area contributed by atoms with Gasteiger partial charge in [-0.05, 0) is 60.9 Å². The van der Waals surface area contributed by atoms with Crippen molar-refractivity contribution in [2.45, 2.75) is 22.6 Å². The Morgan fingerprint density at radius 3 is 2.50 bits per heavy atom. The fourth-order valence-corrected chi connectivity index (χ4v) is 7.27. The molecule has 0 radical (unpaired) electrons. The number of hydrogen-bond donors (Lipinski definition) is 1. The Morgan fingerprint density at radius 1 is 1.00 bits per heavy atom. The molecule has 198 valence electrons. The number of nitrogens with one attached hydrogen (secondary N) is 1. The van der Waals surface area contributed by atoms with Gasteiger partial charge in [0.1, 0.15) is 10.7 Å². The van der Waals surface area contributed by atoms with E-state index in [1.54, 1.807) is 24.3 Å². The zero-order valence-corrected chi connectivity index (χ0v) is 22.4. The van der Waals surface area contributed by atoms with Crippen LogP contribution in [0.5, 0.6) is 0 Å². The average molecular weight is 556 g/mol. The minimum atomic E-state index is -4.25. The van der Waals surface area contributed by atoms with Crippen molar-refractivity contribution < 1.29 is 21.2 Å². The number of benzene rings is 2. The highest BCUT2D eigenvalue weighted by molar-refractivity contribution is 7.92. The largest absolute Gasteiger partial charge is 0.374 e. The Bertz CT molecular complexity index is 1710. The van der Waals surface area contributed by atoms with E-state index >= 15 is 0 Å². The van der Waals surface area contributed by atoms with Crippen molar-refractivity contribution in [3.8, 4) is 11.3 Å². The second-order valence-corrected chi connectivity index (χ2v) is 12.5. The molecule has 0 bridgehead atoms. The SMILES string of the molecule is CNN(c1cc(-c2ccccc2F)n(S(=O)(=O)c2cccnc2)c1)S(=O)(=O)c1ccc2c(c1)N(C)CCC2. The van der Waals surface area contributed by atoms with E-state index in [4.69, 9.17) is 0 Å². The van der Waals surface area contributed by atoms with Gasteiger partial charge in [-0.3, -0.25) is 4.98 Å². The first-order valence-corrected chi connectivity index (χ1v) is 14.7. The van der Waals surface area contributed by atoms with Gasteiger partial charge in [0.2, 0.25) is 0 Å². The topological polar surface area (TPSA) is 105 Å². The molecule has 9 nitrogen and oxygen atoms in total. The number of fused-ring (bicyclic) bond motifs is 1. The van der Waals surface area contributed by atoms with Gasteiger partial charge in [-0.2, -0.15) is 12.8 Å². The van der Waals surface area contributed by atoms with E-state index in [0.717, 1.165) is 45.2 Å². The maximum atomic E-state index is 14.9. The molecule has 0 saturated carbocycles. The van der Waals surface area contributed by atoms with Crippen LogP contribution in [-0.2, 0) is 26.5 Å². The molecule has 0 atom stereocenters. The summed E-state index contributed by atoms with van der Waals surface area (Å²) in [5.74, 6) is -0.656. The first-order chi connectivity index (χ1) is 18.1. The summed E-state index contributed by atoms with van der Waals surface area (Å²) in [5, 5.41) is 0. The molecule has 1 N–H and O–H groups in total. The van der Waals surface area contributed by atoms with Crippen LogP contribution in [0.3, 0.4) is 0 Å². The summed E-state index contributed by atoms with van der Waals surface area (Å²) in [6.07, 6.45) is 5.61. The van der Waals surface area contributed by atoms with Gasteiger partial charge in [0.25, 0.3) is 20.0 Å². The quantitative estimate of drug-likeness (QED) is 0.347. The van der Waals surface area contributed by atoms with E-state index in [1.165, 1.54) is 55.8 Å². The fourth-order valence-electron chi connectivity index (χ4n) is 4.61. The maximum Gasteiger partial charge on any atom is 0.277 e. The molecule has 0 unspecified atom stereocenters. The highest BCUT2D eigenvalue weighted by Gasteiger charge is 2.31. The van der Waals surface area contributed by atoms with E-state index in [0.29, 0.717) is 0 Å². The predicted octanol–water partition coefficient (Wildman–Crippen LogP) is 3.64. The summed E-state index contributed by atoms with van der Waals surface area (Å²) >= 11 is 0. The molecule has 4 aromatic rings. The van der Waals surface area contributed by atoms with Gasteiger partial charge in [0.05, 0.1) is 16.3 Å². The number of aromatic nitrogens is 2. The normalized spacial score (nSPS) is 13.8. The van der Waals surface area contributed by atoms with Gasteiger partial charge in [0.15, 0.2) is 0 Å². The number of sulfonamides is 1. The number of rotatable bonds is 7. The number of aryl methyl sites for hydroxylation is 1. The Hall–Kier alpha value is -3.74. The van der Waals surface area contributed by atoms with Crippen LogP contribution in [0.4, 0.5) is 15.8 Å². The van der Waals surface area contributed by atoms with E-state index < -0.39 is 25.9 Å². The summed E-state index contributed by atoms with van der Waals surface area (Å²) in [6.45, 7) is 0.813. The fraction of sp³-hybridized carbons (Fsp3) is 0.192. The molecule has 0 amide bonds. The third-order valence-electron chi connectivity index (χ3n) is 6.50. The molecule has 2 aromatic carbocycles. The molecule has 38 heavy (non-hydrogen) atoms. The first kappa shape index (κ1) is 25.9. The van der Waals surface area contributed by atoms with Crippen molar-refractivity contribution >= 4 is 31.4 Å². The van der Waals surface area contributed by atoms with E-state index in [1.807, 2.05) is 11.9 Å². The lowest BCUT2D eigenvalue weighted by atomic mass is 10.0. The Morgan fingerprint density at radius 2 is 1.79 bits per heavy atom. The highest BCUT2D eigenvalue weighted by Crippen LogP contribution is 2.35. The summed E-state index contributed by atoms with van der Waals surface area (Å²) in [6, 6.07) is 14.8. The lowest BCUT2D eigenvalue weighted by molar-refractivity contribution is 0.582. The number of nitrogens with zero attached hydrogens (tertiary/aromatic N) is 4. The van der Waals surface area contributed by atoms with Crippen molar-refractivity contribution in [2.24, 2.45) is 0 Å². The van der Waals surface area contributed by atoms with Crippen LogP contribution in [0.25, 0.3) is 11.3 Å². The molecule has 3 heterocycles. The lowest BCUT2D eigenvalue weighted by Crippen LogP contribution is -2.40. The van der Waals surface area contributed by atoms with Gasteiger partial charge in [0, 0.05) is 50.5 Å². The van der Waals surface area contributed by atoms with Crippen molar-refractivity contribution in [1.29, 1.82) is 0 Å². The molecule has 12 heteroatoms. The van der Waals surface area contributed by atoms with Crippen LogP contribution in [0.2, 0.25) is 0 Å². The second-order valence-electron chi connectivity index (χ2n) is 8.86. The van der Waals surface area contributed by atoms with Crippen molar-refractivity contribution in [3.05, 3.63) is 90.6 Å². The van der Waals surface area contributed by atoms with E-state index in [-0.39, 0.29) is 26.7 Å². The van der Waals surface area contributed by atoms with Gasteiger partial charge in [-0.25, -0.2) is 22.2 Å². The van der Waals surface area contributed by atoms with Crippen LogP contribution in [-0.4, -0.2) is 46.4 Å². The molecule has 0 saturated heterocycles. The first-order valence-electron chi connectivity index (χ1n) is 11.8. The number of hydrogen-bond acceptors (Lipinski definition) is 7. The molecule has 5 rings (SSSR count). The zero-order valence-electron chi connectivity index (χ0n) is 20.7. The molecule has 0 spiro atoms. The van der Waals surface area contributed by atoms with Crippen LogP contribution in [0.1, 0.15) is 12.0 Å². The maximum absolute atomic E-state index is 14.9. The Kier molecular flexibility index (Phi) is 6.72. The minimum absolute atomic E-state index is 0.00456. The van der Waals surface area contributed by atoms with Gasteiger partial charge in [-0.15, -0.1) is 0 Å². The Labute approximate surface area is 221 Å². The summed E-state index contributed by atoms with van der Waals surface area (Å²) in [7, 11) is -5.11. The van der Waals surface area contributed by atoms with Crippen molar-refractivity contribution in [2.75, 3.05) is 30.0 Å². The third-order valence-corrected chi connectivity index (χ3v) is 9.88. The number of hydrazine groups is 1. The molecule has 0 fully saturated rings. The van der Waals surface area contributed by atoms with Crippen molar-refractivity contribution in [3.63, 3.8) is 0 Å². The number of anilines is 2. The van der Waals surface area contributed by atoms with Crippen LogP contribution in [0.15, 0.2) is 89.0 Å². The monoisotopic (exact) mass is 555 g/mol. The smallest absolute Gasteiger partial charge is 0.277 e. The van der Waals surface area contributed by atoms with Crippen LogP contribution >= 0.6 is 0 Å². The molecule has 1 aliphatic rings. The van der Waals surface area contributed by atoms with Crippen LogP contribution < -0.4 is 14.7 Å². The predicted molar refractivity (Wildman–Crippen MR) is 143 cm³/mol. The molecule has 2 aromatic heterocycles. The van der Waals surface area contributed by atoms with E-state index in [2.05, 4.69) is 10.4 Å². The minimum Gasteiger partial charge on any atom is -0.374 e. The Balaban J connectivity index is 1.67. The molecule has 0 aliphatic carbocycles. The van der Waals surface area contributed by atoms with Crippen molar-refractivity contribution in [1.82, 2.24) is 14.4 Å². The van der Waals surface area contributed by atoms with E-state index in [9.17, 15) is 21.2 Å². The summed E-state index contributed by atoms with van der Waals surface area (Å²) < 4.78 is 71.4. The average Bonchev–Trinajstić information content (AvgIpc) is 3.35. The molecule has 1 aliphatic heterocycles. The second kappa shape index (κ2) is 9.86.